The van der Waals surface area contributed by atoms with Gasteiger partial charge in [0.15, 0.2) is 0 Å². The van der Waals surface area contributed by atoms with Crippen LogP contribution < -0.4 is 11.5 Å². The van der Waals surface area contributed by atoms with Gasteiger partial charge in [0, 0.05) is 11.3 Å². The van der Waals surface area contributed by atoms with Crippen molar-refractivity contribution in [2.45, 2.75) is 13.8 Å². The third-order valence-corrected chi connectivity index (χ3v) is 1.73. The van der Waals surface area contributed by atoms with Gasteiger partial charge in [-0.15, -0.1) is 0 Å². The van der Waals surface area contributed by atoms with Crippen molar-refractivity contribution in [2.24, 2.45) is 5.73 Å². The molecule has 0 amide bonds. The average molecular weight is 208 g/mol. The highest BCUT2D eigenvalue weighted by Crippen LogP contribution is 2.22. The summed E-state index contributed by atoms with van der Waals surface area (Å²) in [6.07, 6.45) is 0. The number of carbonyl (C=O) groups is 1. The van der Waals surface area contributed by atoms with Crippen molar-refractivity contribution in [1.82, 2.24) is 0 Å². The van der Waals surface area contributed by atoms with Crippen LogP contribution in [0, 0.1) is 6.92 Å². The maximum atomic E-state index is 8.00. The Morgan fingerprint density at radius 2 is 1.73 bits per heavy atom. The summed E-state index contributed by atoms with van der Waals surface area (Å²) in [5.74, 6) is 0. The van der Waals surface area contributed by atoms with Crippen LogP contribution in [0.25, 0.3) is 5.57 Å². The van der Waals surface area contributed by atoms with E-state index in [4.69, 9.17) is 10.5 Å². The molecule has 0 aromatic heterocycles. The topological polar surface area (TPSA) is 69.1 Å². The fraction of sp³-hybridized carbons (Fsp3) is 0.250. The van der Waals surface area contributed by atoms with Crippen molar-refractivity contribution in [3.05, 3.63) is 35.9 Å². The van der Waals surface area contributed by atoms with Crippen LogP contribution in [-0.4, -0.2) is 13.8 Å². The molecule has 0 spiro atoms. The molecule has 0 saturated carbocycles. The minimum absolute atomic E-state index is 0.817. The van der Waals surface area contributed by atoms with Crippen molar-refractivity contribution >= 4 is 18.0 Å². The highest BCUT2D eigenvalue weighted by Gasteiger charge is 2.01. The molecule has 0 fully saturated rings. The highest BCUT2D eigenvalue weighted by molar-refractivity contribution is 5.74. The largest absolute Gasteiger partial charge is 0.398 e. The molecule has 0 heterocycles. The molecule has 0 bridgehead atoms. The van der Waals surface area contributed by atoms with Gasteiger partial charge < -0.3 is 16.3 Å². The number of anilines is 1. The van der Waals surface area contributed by atoms with E-state index in [0.717, 1.165) is 16.8 Å². The van der Waals surface area contributed by atoms with Gasteiger partial charge in [0.05, 0.1) is 0 Å². The van der Waals surface area contributed by atoms with Gasteiger partial charge in [0.1, 0.15) is 6.79 Å². The van der Waals surface area contributed by atoms with Crippen molar-refractivity contribution in [3.63, 3.8) is 0 Å². The van der Waals surface area contributed by atoms with Crippen molar-refractivity contribution in [3.8, 4) is 0 Å². The van der Waals surface area contributed by atoms with E-state index in [-0.39, 0.29) is 0 Å². The Labute approximate surface area is 91.8 Å². The van der Waals surface area contributed by atoms with Gasteiger partial charge in [-0.3, -0.25) is 0 Å². The first-order valence-corrected chi connectivity index (χ1v) is 4.50. The Kier molecular flexibility index (Phi) is 9.47. The number of rotatable bonds is 1. The molecule has 84 valence electrons. The summed E-state index contributed by atoms with van der Waals surface area (Å²) in [6, 6.07) is 5.90. The Balaban J connectivity index is 0. The van der Waals surface area contributed by atoms with Gasteiger partial charge >= 0.3 is 0 Å². The smallest absolute Gasteiger partial charge is 0.106 e. The molecule has 0 aliphatic heterocycles. The van der Waals surface area contributed by atoms with Crippen LogP contribution in [0.4, 0.5) is 5.69 Å². The number of hydrogen-bond donors (Lipinski definition) is 2. The lowest BCUT2D eigenvalue weighted by Crippen LogP contribution is -1.93. The molecule has 0 atom stereocenters. The number of allylic oxidation sites excluding steroid dienone is 1. The van der Waals surface area contributed by atoms with E-state index in [1.54, 1.807) is 0 Å². The quantitative estimate of drug-likeness (QED) is 0.693. The summed E-state index contributed by atoms with van der Waals surface area (Å²) >= 11 is 0. The Bertz CT molecular complexity index is 288. The molecule has 3 heteroatoms. The van der Waals surface area contributed by atoms with Gasteiger partial charge in [-0.2, -0.15) is 0 Å². The second-order valence-electron chi connectivity index (χ2n) is 2.82. The molecule has 15 heavy (non-hydrogen) atoms. The molecule has 0 radical (unpaired) electrons. The minimum atomic E-state index is 0.817. The van der Waals surface area contributed by atoms with Crippen LogP contribution in [0.1, 0.15) is 18.1 Å². The summed E-state index contributed by atoms with van der Waals surface area (Å²) in [5, 5.41) is 0. The lowest BCUT2D eigenvalue weighted by molar-refractivity contribution is -0.0979. The van der Waals surface area contributed by atoms with E-state index in [0.29, 0.717) is 0 Å². The Morgan fingerprint density at radius 1 is 1.27 bits per heavy atom. The number of nitrogens with two attached hydrogens (primary N) is 2. The van der Waals surface area contributed by atoms with E-state index in [1.165, 1.54) is 12.6 Å². The van der Waals surface area contributed by atoms with Crippen LogP contribution in [0.15, 0.2) is 24.8 Å². The van der Waals surface area contributed by atoms with Crippen LogP contribution in [-0.2, 0) is 4.79 Å². The van der Waals surface area contributed by atoms with E-state index in [9.17, 15) is 0 Å². The lowest BCUT2D eigenvalue weighted by atomic mass is 10.0. The second-order valence-corrected chi connectivity index (χ2v) is 2.82. The van der Waals surface area contributed by atoms with Crippen molar-refractivity contribution in [1.29, 1.82) is 0 Å². The molecule has 1 aromatic rings. The molecular weight excluding hydrogens is 188 g/mol. The highest BCUT2D eigenvalue weighted by atomic mass is 16.1. The first-order valence-electron chi connectivity index (χ1n) is 4.50. The lowest BCUT2D eigenvalue weighted by Gasteiger charge is -2.07. The van der Waals surface area contributed by atoms with Gasteiger partial charge in [-0.1, -0.05) is 18.7 Å². The van der Waals surface area contributed by atoms with Crippen LogP contribution in [0.5, 0.6) is 0 Å². The standard InChI is InChI=1S/C10H13N.CH5N.CH2O/c1-7(2)10-8(3)5-4-6-9(10)11;2*1-2/h4-6H,1,11H2,2-3H3;2H2,1H3;1H2. The SMILES string of the molecule is C=C(C)c1c(C)cccc1N.C=O.CN. The monoisotopic (exact) mass is 208 g/mol. The van der Waals surface area contributed by atoms with Crippen LogP contribution in [0.2, 0.25) is 0 Å². The maximum Gasteiger partial charge on any atom is 0.106 e. The van der Waals surface area contributed by atoms with Crippen molar-refractivity contribution in [2.75, 3.05) is 12.8 Å². The van der Waals surface area contributed by atoms with Crippen molar-refractivity contribution < 1.29 is 4.79 Å². The normalized spacial score (nSPS) is 7.73. The predicted molar refractivity (Wildman–Crippen MR) is 67.5 cm³/mol. The molecular formula is C12H20N2O. The number of carbonyl (C=O) groups excluding carboxylic acids is 1. The van der Waals surface area contributed by atoms with E-state index in [1.807, 2.05) is 38.8 Å². The third-order valence-electron chi connectivity index (χ3n) is 1.73. The molecule has 0 unspecified atom stereocenters. The van der Waals surface area contributed by atoms with E-state index < -0.39 is 0 Å². The molecule has 1 rings (SSSR count). The molecule has 3 nitrogen and oxygen atoms in total. The minimum Gasteiger partial charge on any atom is -0.398 e. The summed E-state index contributed by atoms with van der Waals surface area (Å²) in [7, 11) is 1.50. The molecule has 0 aliphatic carbocycles. The number of aryl methyl sites for hydroxylation is 1. The van der Waals surface area contributed by atoms with Crippen LogP contribution >= 0.6 is 0 Å². The molecule has 0 saturated heterocycles. The third kappa shape index (κ3) is 4.98. The summed E-state index contributed by atoms with van der Waals surface area (Å²) in [5.41, 5.74) is 14.4. The number of benzene rings is 1. The fourth-order valence-electron chi connectivity index (χ4n) is 1.27. The Morgan fingerprint density at radius 3 is 2.00 bits per heavy atom. The van der Waals surface area contributed by atoms with E-state index >= 15 is 0 Å². The summed E-state index contributed by atoms with van der Waals surface area (Å²) < 4.78 is 0. The van der Waals surface area contributed by atoms with Gasteiger partial charge in [0.2, 0.25) is 0 Å². The van der Waals surface area contributed by atoms with Gasteiger partial charge in [0.25, 0.3) is 0 Å². The zero-order valence-corrected chi connectivity index (χ0v) is 9.71. The second kappa shape index (κ2) is 8.97. The summed E-state index contributed by atoms with van der Waals surface area (Å²) in [4.78, 5) is 8.00. The summed E-state index contributed by atoms with van der Waals surface area (Å²) in [6.45, 7) is 9.88. The number of hydrogen-bond acceptors (Lipinski definition) is 3. The van der Waals surface area contributed by atoms with E-state index in [2.05, 4.69) is 12.3 Å². The fourth-order valence-corrected chi connectivity index (χ4v) is 1.27. The van der Waals surface area contributed by atoms with Crippen LogP contribution in [0.3, 0.4) is 0 Å². The predicted octanol–water partition coefficient (Wildman–Crippen LogP) is 2.00. The molecule has 4 N–H and O–H groups in total. The first-order chi connectivity index (χ1) is 7.13. The zero-order chi connectivity index (χ0) is 12.4. The number of nitrogen functional groups attached to an aromatic ring is 1. The maximum absolute atomic E-state index is 8.00. The molecule has 0 aliphatic rings. The van der Waals surface area contributed by atoms with Gasteiger partial charge in [-0.05, 0) is 38.1 Å². The average Bonchev–Trinajstić information content (AvgIpc) is 2.23. The first kappa shape index (κ1) is 15.8. The molecule has 1 aromatic carbocycles. The Hall–Kier alpha value is -1.61. The van der Waals surface area contributed by atoms with Gasteiger partial charge in [-0.25, -0.2) is 0 Å². The zero-order valence-electron chi connectivity index (χ0n) is 9.71.